The van der Waals surface area contributed by atoms with Crippen molar-refractivity contribution in [1.82, 2.24) is 9.80 Å². The van der Waals surface area contributed by atoms with Gasteiger partial charge in [-0.3, -0.25) is 9.69 Å². The zero-order valence-electron chi connectivity index (χ0n) is 10.1. The summed E-state index contributed by atoms with van der Waals surface area (Å²) in [6.45, 7) is 2.20. The molecule has 0 amide bonds. The van der Waals surface area contributed by atoms with E-state index in [0.717, 1.165) is 32.0 Å². The minimum absolute atomic E-state index is 0.211. The summed E-state index contributed by atoms with van der Waals surface area (Å²) in [5.74, 6) is -0.694. The number of nitrogens with zero attached hydrogens (tertiary/aromatic N) is 2. The Hall–Kier alpha value is -0.610. The molecule has 0 radical (unpaired) electrons. The third kappa shape index (κ3) is 3.19. The monoisotopic (exact) mass is 226 g/mol. The highest BCUT2D eigenvalue weighted by molar-refractivity contribution is 5.69. The second-order valence-corrected chi connectivity index (χ2v) is 5.18. The van der Waals surface area contributed by atoms with E-state index in [9.17, 15) is 4.79 Å². The van der Waals surface area contributed by atoms with E-state index in [1.165, 1.54) is 19.3 Å². The summed E-state index contributed by atoms with van der Waals surface area (Å²) in [5, 5.41) is 8.88. The highest BCUT2D eigenvalue weighted by Gasteiger charge is 2.31. The maximum Gasteiger partial charge on any atom is 0.317 e. The van der Waals surface area contributed by atoms with E-state index >= 15 is 0 Å². The molecule has 0 unspecified atom stereocenters. The third-order valence-electron chi connectivity index (χ3n) is 3.76. The Balaban J connectivity index is 1.85. The SMILES string of the molecule is CN(C[C@@H]1CCCCN1CC(=O)O)C1CC1. The normalized spacial score (nSPS) is 27.2. The number of rotatable bonds is 5. The smallest absolute Gasteiger partial charge is 0.317 e. The van der Waals surface area contributed by atoms with Crippen LogP contribution in [-0.4, -0.2) is 59.6 Å². The van der Waals surface area contributed by atoms with Crippen LogP contribution in [0.15, 0.2) is 0 Å². The molecule has 4 heteroatoms. The molecule has 92 valence electrons. The highest BCUT2D eigenvalue weighted by Crippen LogP contribution is 2.27. The zero-order valence-corrected chi connectivity index (χ0v) is 10.1. The first-order chi connectivity index (χ1) is 7.66. The second-order valence-electron chi connectivity index (χ2n) is 5.18. The molecule has 1 saturated heterocycles. The van der Waals surface area contributed by atoms with Gasteiger partial charge < -0.3 is 10.0 Å². The van der Waals surface area contributed by atoms with E-state index in [2.05, 4.69) is 16.8 Å². The molecule has 1 aliphatic carbocycles. The van der Waals surface area contributed by atoms with E-state index in [0.29, 0.717) is 6.04 Å². The Morgan fingerprint density at radius 3 is 2.75 bits per heavy atom. The summed E-state index contributed by atoms with van der Waals surface area (Å²) in [6, 6.07) is 1.23. The van der Waals surface area contributed by atoms with Gasteiger partial charge in [0.25, 0.3) is 0 Å². The standard InChI is InChI=1S/C12H22N2O2/c1-13(10-5-6-10)8-11-4-2-3-7-14(11)9-12(15)16/h10-11H,2-9H2,1H3,(H,15,16)/t11-/m0/s1. The molecule has 2 aliphatic rings. The number of piperidine rings is 1. The maximum atomic E-state index is 10.8. The second kappa shape index (κ2) is 5.15. The first-order valence-electron chi connectivity index (χ1n) is 6.33. The molecule has 1 N–H and O–H groups in total. The number of carboxylic acid groups (broad SMARTS) is 1. The summed E-state index contributed by atoms with van der Waals surface area (Å²) in [6.07, 6.45) is 6.20. The van der Waals surface area contributed by atoms with Crippen LogP contribution in [0.25, 0.3) is 0 Å². The van der Waals surface area contributed by atoms with E-state index in [1.807, 2.05) is 0 Å². The number of carbonyl (C=O) groups is 1. The topological polar surface area (TPSA) is 43.8 Å². The lowest BCUT2D eigenvalue weighted by Gasteiger charge is -2.36. The average Bonchev–Trinajstić information content (AvgIpc) is 3.03. The molecule has 1 atom stereocenters. The van der Waals surface area contributed by atoms with Crippen LogP contribution in [0.4, 0.5) is 0 Å². The number of carboxylic acids is 1. The molecule has 0 bridgehead atoms. The van der Waals surface area contributed by atoms with Gasteiger partial charge in [-0.25, -0.2) is 0 Å². The molecular weight excluding hydrogens is 204 g/mol. The van der Waals surface area contributed by atoms with Gasteiger partial charge >= 0.3 is 5.97 Å². The molecule has 1 aliphatic heterocycles. The Morgan fingerprint density at radius 2 is 2.12 bits per heavy atom. The van der Waals surface area contributed by atoms with Crippen LogP contribution < -0.4 is 0 Å². The fourth-order valence-corrected chi connectivity index (χ4v) is 2.65. The molecule has 1 heterocycles. The van der Waals surface area contributed by atoms with E-state index in [-0.39, 0.29) is 6.54 Å². The lowest BCUT2D eigenvalue weighted by molar-refractivity contribution is -0.139. The van der Waals surface area contributed by atoms with Crippen LogP contribution in [0.5, 0.6) is 0 Å². The van der Waals surface area contributed by atoms with Gasteiger partial charge in [-0.15, -0.1) is 0 Å². The third-order valence-corrected chi connectivity index (χ3v) is 3.76. The van der Waals surface area contributed by atoms with Crippen molar-refractivity contribution in [2.24, 2.45) is 0 Å². The van der Waals surface area contributed by atoms with Gasteiger partial charge in [-0.05, 0) is 39.3 Å². The van der Waals surface area contributed by atoms with Crippen LogP contribution in [0.2, 0.25) is 0 Å². The molecular formula is C12H22N2O2. The zero-order chi connectivity index (χ0) is 11.5. The summed E-state index contributed by atoms with van der Waals surface area (Å²) in [5.41, 5.74) is 0. The summed E-state index contributed by atoms with van der Waals surface area (Å²) in [4.78, 5) is 15.3. The number of aliphatic carboxylic acids is 1. The molecule has 0 aromatic rings. The van der Waals surface area contributed by atoms with Crippen molar-refractivity contribution >= 4 is 5.97 Å². The Bertz CT molecular complexity index is 253. The van der Waals surface area contributed by atoms with Crippen molar-refractivity contribution in [3.8, 4) is 0 Å². The van der Waals surface area contributed by atoms with Crippen molar-refractivity contribution in [2.45, 2.75) is 44.2 Å². The van der Waals surface area contributed by atoms with E-state index in [1.54, 1.807) is 0 Å². The molecule has 4 nitrogen and oxygen atoms in total. The van der Waals surface area contributed by atoms with Gasteiger partial charge in [0.1, 0.15) is 0 Å². The Kier molecular flexibility index (Phi) is 3.82. The predicted molar refractivity (Wildman–Crippen MR) is 62.5 cm³/mol. The van der Waals surface area contributed by atoms with Crippen molar-refractivity contribution in [2.75, 3.05) is 26.7 Å². The number of hydrogen-bond donors (Lipinski definition) is 1. The van der Waals surface area contributed by atoms with E-state index < -0.39 is 5.97 Å². The summed E-state index contributed by atoms with van der Waals surface area (Å²) >= 11 is 0. The van der Waals surface area contributed by atoms with Crippen molar-refractivity contribution < 1.29 is 9.90 Å². The van der Waals surface area contributed by atoms with Gasteiger partial charge in [0, 0.05) is 18.6 Å². The van der Waals surface area contributed by atoms with Crippen LogP contribution in [0.1, 0.15) is 32.1 Å². The van der Waals surface area contributed by atoms with Crippen LogP contribution in [0, 0.1) is 0 Å². The summed E-state index contributed by atoms with van der Waals surface area (Å²) < 4.78 is 0. The van der Waals surface area contributed by atoms with Crippen LogP contribution >= 0.6 is 0 Å². The predicted octanol–water partition coefficient (Wildman–Crippen LogP) is 1.02. The molecule has 0 aromatic heterocycles. The lowest BCUT2D eigenvalue weighted by Crippen LogP contribution is -2.48. The Morgan fingerprint density at radius 1 is 1.38 bits per heavy atom. The van der Waals surface area contributed by atoms with Crippen LogP contribution in [0.3, 0.4) is 0 Å². The van der Waals surface area contributed by atoms with E-state index in [4.69, 9.17) is 5.11 Å². The van der Waals surface area contributed by atoms with Crippen molar-refractivity contribution in [1.29, 1.82) is 0 Å². The quantitative estimate of drug-likeness (QED) is 0.760. The molecule has 2 fully saturated rings. The van der Waals surface area contributed by atoms with Crippen LogP contribution in [-0.2, 0) is 4.79 Å². The van der Waals surface area contributed by atoms with Crippen molar-refractivity contribution in [3.05, 3.63) is 0 Å². The van der Waals surface area contributed by atoms with Gasteiger partial charge in [0.2, 0.25) is 0 Å². The molecule has 2 rings (SSSR count). The number of hydrogen-bond acceptors (Lipinski definition) is 3. The van der Waals surface area contributed by atoms with Gasteiger partial charge in [0.05, 0.1) is 6.54 Å². The Labute approximate surface area is 97.2 Å². The first kappa shape index (κ1) is 11.9. The average molecular weight is 226 g/mol. The first-order valence-corrected chi connectivity index (χ1v) is 6.33. The highest BCUT2D eigenvalue weighted by atomic mass is 16.4. The lowest BCUT2D eigenvalue weighted by atomic mass is 10.0. The van der Waals surface area contributed by atoms with Gasteiger partial charge in [0.15, 0.2) is 0 Å². The van der Waals surface area contributed by atoms with Crippen molar-refractivity contribution in [3.63, 3.8) is 0 Å². The minimum Gasteiger partial charge on any atom is -0.480 e. The maximum absolute atomic E-state index is 10.8. The van der Waals surface area contributed by atoms with Gasteiger partial charge in [-0.2, -0.15) is 0 Å². The number of likely N-dealkylation sites (N-methyl/N-ethyl adjacent to an activating group) is 1. The molecule has 1 saturated carbocycles. The molecule has 0 aromatic carbocycles. The summed E-state index contributed by atoms with van der Waals surface area (Å²) in [7, 11) is 2.17. The fraction of sp³-hybridized carbons (Fsp3) is 0.917. The largest absolute Gasteiger partial charge is 0.480 e. The minimum atomic E-state index is -0.694. The fourth-order valence-electron chi connectivity index (χ4n) is 2.65. The molecule has 0 spiro atoms. The molecule has 16 heavy (non-hydrogen) atoms. The number of likely N-dealkylation sites (tertiary alicyclic amines) is 1. The van der Waals surface area contributed by atoms with Gasteiger partial charge in [-0.1, -0.05) is 6.42 Å².